The molecule has 2 aromatic heterocycles. The van der Waals surface area contributed by atoms with Crippen LogP contribution in [0.15, 0.2) is 30.6 Å². The Balaban J connectivity index is 1.49. The molecule has 4 rings (SSSR count). The van der Waals surface area contributed by atoms with Crippen molar-refractivity contribution in [2.45, 2.75) is 18.8 Å². The van der Waals surface area contributed by atoms with Crippen molar-refractivity contribution in [3.05, 3.63) is 35.6 Å². The summed E-state index contributed by atoms with van der Waals surface area (Å²) in [7, 11) is 1.80. The van der Waals surface area contributed by atoms with E-state index in [-0.39, 0.29) is 6.03 Å². The molecule has 0 bridgehead atoms. The average molecular weight is 313 g/mol. The number of amides is 2. The standard InChI is InChI=1S/C15H15N5OS/c1-20-8-11(7-16-20)18-15(21)17-10-4-5-12-13(6-10)22-14(19-12)9-2-3-9/h4-9H,2-3H2,1H3,(H2,17,18,21). The first kappa shape index (κ1) is 13.3. The minimum atomic E-state index is -0.278. The monoisotopic (exact) mass is 313 g/mol. The van der Waals surface area contributed by atoms with Gasteiger partial charge in [-0.1, -0.05) is 0 Å². The van der Waals surface area contributed by atoms with E-state index in [1.807, 2.05) is 18.2 Å². The largest absolute Gasteiger partial charge is 0.323 e. The maximum atomic E-state index is 12.0. The van der Waals surface area contributed by atoms with Crippen LogP contribution in [-0.2, 0) is 7.05 Å². The number of thiazole rings is 1. The lowest BCUT2D eigenvalue weighted by Crippen LogP contribution is -2.18. The number of carbonyl (C=O) groups excluding carboxylic acids is 1. The minimum Gasteiger partial charge on any atom is -0.308 e. The number of urea groups is 1. The second kappa shape index (κ2) is 5.10. The Morgan fingerprint density at radius 3 is 2.86 bits per heavy atom. The molecule has 1 aliphatic carbocycles. The summed E-state index contributed by atoms with van der Waals surface area (Å²) in [5.41, 5.74) is 2.43. The highest BCUT2D eigenvalue weighted by Gasteiger charge is 2.26. The molecule has 0 atom stereocenters. The Kier molecular flexibility index (Phi) is 3.07. The molecule has 2 heterocycles. The van der Waals surface area contributed by atoms with Gasteiger partial charge in [0.1, 0.15) is 0 Å². The van der Waals surface area contributed by atoms with Gasteiger partial charge in [-0.05, 0) is 31.0 Å². The van der Waals surface area contributed by atoms with Crippen molar-refractivity contribution < 1.29 is 4.79 Å². The lowest BCUT2D eigenvalue weighted by molar-refractivity contribution is 0.262. The van der Waals surface area contributed by atoms with Crippen LogP contribution >= 0.6 is 11.3 Å². The number of aromatic nitrogens is 3. The molecular weight excluding hydrogens is 298 g/mol. The lowest BCUT2D eigenvalue weighted by atomic mass is 10.3. The zero-order valence-electron chi connectivity index (χ0n) is 12.0. The number of anilines is 2. The van der Waals surface area contributed by atoms with Gasteiger partial charge in [0, 0.05) is 24.8 Å². The van der Waals surface area contributed by atoms with Crippen LogP contribution in [0.3, 0.4) is 0 Å². The first-order valence-electron chi connectivity index (χ1n) is 7.14. The first-order valence-corrected chi connectivity index (χ1v) is 7.96. The molecule has 0 radical (unpaired) electrons. The zero-order valence-corrected chi connectivity index (χ0v) is 12.9. The summed E-state index contributed by atoms with van der Waals surface area (Å²) in [5.74, 6) is 0.655. The van der Waals surface area contributed by atoms with E-state index in [2.05, 4.69) is 20.7 Å². The van der Waals surface area contributed by atoms with Crippen molar-refractivity contribution in [1.82, 2.24) is 14.8 Å². The van der Waals surface area contributed by atoms with Gasteiger partial charge < -0.3 is 10.6 Å². The van der Waals surface area contributed by atoms with Crippen LogP contribution in [0.2, 0.25) is 0 Å². The molecule has 112 valence electrons. The number of nitrogens with one attached hydrogen (secondary N) is 2. The second-order valence-corrected chi connectivity index (χ2v) is 6.55. The normalized spacial score (nSPS) is 14.2. The highest BCUT2D eigenvalue weighted by molar-refractivity contribution is 7.18. The first-order chi connectivity index (χ1) is 10.7. The van der Waals surface area contributed by atoms with Crippen molar-refractivity contribution in [2.75, 3.05) is 10.6 Å². The van der Waals surface area contributed by atoms with Crippen LogP contribution in [0.1, 0.15) is 23.8 Å². The average Bonchev–Trinajstić information content (AvgIpc) is 3.13. The number of aryl methyl sites for hydroxylation is 1. The van der Waals surface area contributed by atoms with E-state index in [0.717, 1.165) is 15.9 Å². The van der Waals surface area contributed by atoms with E-state index >= 15 is 0 Å². The Morgan fingerprint density at radius 2 is 2.14 bits per heavy atom. The van der Waals surface area contributed by atoms with Gasteiger partial charge in [-0.15, -0.1) is 11.3 Å². The molecule has 1 aliphatic rings. The van der Waals surface area contributed by atoms with Crippen molar-refractivity contribution in [2.24, 2.45) is 7.05 Å². The third-order valence-corrected chi connectivity index (χ3v) is 4.73. The van der Waals surface area contributed by atoms with E-state index in [4.69, 9.17) is 0 Å². The second-order valence-electron chi connectivity index (χ2n) is 5.49. The summed E-state index contributed by atoms with van der Waals surface area (Å²) in [5, 5.41) is 10.8. The predicted molar refractivity (Wildman–Crippen MR) is 87.4 cm³/mol. The van der Waals surface area contributed by atoms with Crippen LogP contribution in [-0.4, -0.2) is 20.8 Å². The molecular formula is C15H15N5OS. The van der Waals surface area contributed by atoms with Crippen LogP contribution in [0, 0.1) is 0 Å². The summed E-state index contributed by atoms with van der Waals surface area (Å²) in [6, 6.07) is 5.53. The fraction of sp³-hybridized carbons (Fsp3) is 0.267. The third kappa shape index (κ3) is 2.67. The topological polar surface area (TPSA) is 71.8 Å². The van der Waals surface area contributed by atoms with Crippen LogP contribution in [0.4, 0.5) is 16.2 Å². The lowest BCUT2D eigenvalue weighted by Gasteiger charge is -2.05. The molecule has 1 aromatic carbocycles. The third-order valence-electron chi connectivity index (χ3n) is 3.55. The molecule has 1 saturated carbocycles. The molecule has 0 aliphatic heterocycles. The number of nitrogens with zero attached hydrogens (tertiary/aromatic N) is 3. The maximum Gasteiger partial charge on any atom is 0.323 e. The highest BCUT2D eigenvalue weighted by Crippen LogP contribution is 2.43. The van der Waals surface area contributed by atoms with E-state index in [9.17, 15) is 4.79 Å². The number of rotatable bonds is 3. The Bertz CT molecular complexity index is 849. The number of hydrogen-bond acceptors (Lipinski definition) is 4. The summed E-state index contributed by atoms with van der Waals surface area (Å²) < 4.78 is 2.75. The fourth-order valence-corrected chi connectivity index (χ4v) is 3.48. The number of fused-ring (bicyclic) bond motifs is 1. The molecule has 22 heavy (non-hydrogen) atoms. The van der Waals surface area contributed by atoms with Gasteiger partial charge in [-0.2, -0.15) is 5.10 Å². The summed E-state index contributed by atoms with van der Waals surface area (Å²) in [4.78, 5) is 16.6. The molecule has 0 spiro atoms. The minimum absolute atomic E-state index is 0.278. The quantitative estimate of drug-likeness (QED) is 0.776. The van der Waals surface area contributed by atoms with Gasteiger partial charge >= 0.3 is 6.03 Å². The highest BCUT2D eigenvalue weighted by atomic mass is 32.1. The van der Waals surface area contributed by atoms with Gasteiger partial charge in [0.05, 0.1) is 27.1 Å². The molecule has 1 fully saturated rings. The summed E-state index contributed by atoms with van der Waals surface area (Å²) in [6.07, 6.45) is 5.85. The van der Waals surface area contributed by atoms with Crippen LogP contribution < -0.4 is 10.6 Å². The number of benzene rings is 1. The van der Waals surface area contributed by atoms with E-state index in [1.165, 1.54) is 17.8 Å². The maximum absolute atomic E-state index is 12.0. The van der Waals surface area contributed by atoms with Crippen molar-refractivity contribution >= 4 is 39.0 Å². The molecule has 2 N–H and O–H groups in total. The molecule has 0 saturated heterocycles. The van der Waals surface area contributed by atoms with Gasteiger partial charge in [0.2, 0.25) is 0 Å². The summed E-state index contributed by atoms with van der Waals surface area (Å²) >= 11 is 1.72. The fourth-order valence-electron chi connectivity index (χ4n) is 2.30. The van der Waals surface area contributed by atoms with Gasteiger partial charge in [0.15, 0.2) is 0 Å². The van der Waals surface area contributed by atoms with Crippen molar-refractivity contribution in [3.63, 3.8) is 0 Å². The van der Waals surface area contributed by atoms with E-state index in [0.29, 0.717) is 11.6 Å². The smallest absolute Gasteiger partial charge is 0.308 e. The molecule has 7 heteroatoms. The Morgan fingerprint density at radius 1 is 1.32 bits per heavy atom. The van der Waals surface area contributed by atoms with Gasteiger partial charge in [-0.25, -0.2) is 9.78 Å². The van der Waals surface area contributed by atoms with Crippen LogP contribution in [0.5, 0.6) is 0 Å². The van der Waals surface area contributed by atoms with Crippen molar-refractivity contribution in [3.8, 4) is 0 Å². The number of carbonyl (C=O) groups is 1. The Hall–Kier alpha value is -2.41. The van der Waals surface area contributed by atoms with E-state index in [1.54, 1.807) is 35.5 Å². The Labute approximate surface area is 131 Å². The molecule has 0 unspecified atom stereocenters. The molecule has 2 amide bonds. The molecule has 6 nitrogen and oxygen atoms in total. The SMILES string of the molecule is Cn1cc(NC(=O)Nc2ccc3nc(C4CC4)sc3c2)cn1. The van der Waals surface area contributed by atoms with E-state index < -0.39 is 0 Å². The van der Waals surface area contributed by atoms with Gasteiger partial charge in [-0.3, -0.25) is 4.68 Å². The number of hydrogen-bond donors (Lipinski definition) is 2. The zero-order chi connectivity index (χ0) is 15.1. The predicted octanol–water partition coefficient (Wildman–Crippen LogP) is 3.55. The summed E-state index contributed by atoms with van der Waals surface area (Å²) in [6.45, 7) is 0. The molecule has 3 aromatic rings. The van der Waals surface area contributed by atoms with Crippen LogP contribution in [0.25, 0.3) is 10.2 Å². The van der Waals surface area contributed by atoms with Gasteiger partial charge in [0.25, 0.3) is 0 Å². The van der Waals surface area contributed by atoms with Crippen molar-refractivity contribution in [1.29, 1.82) is 0 Å².